The molecule has 0 atom stereocenters. The van der Waals surface area contributed by atoms with Gasteiger partial charge >= 0.3 is 5.97 Å². The minimum Gasteiger partial charge on any atom is -0.426 e. The van der Waals surface area contributed by atoms with E-state index in [0.717, 1.165) is 42.7 Å². The molecule has 0 bridgehead atoms. The first-order valence-corrected chi connectivity index (χ1v) is 9.02. The van der Waals surface area contributed by atoms with Crippen LogP contribution in [-0.2, 0) is 4.79 Å². The Kier molecular flexibility index (Phi) is 5.50. The van der Waals surface area contributed by atoms with Crippen LogP contribution in [0.15, 0.2) is 48.5 Å². The molecule has 0 amide bonds. The summed E-state index contributed by atoms with van der Waals surface area (Å²) in [5, 5.41) is 8.86. The van der Waals surface area contributed by atoms with E-state index in [2.05, 4.69) is 13.0 Å². The maximum atomic E-state index is 12.3. The van der Waals surface area contributed by atoms with Crippen molar-refractivity contribution in [2.45, 2.75) is 39.0 Å². The quantitative estimate of drug-likeness (QED) is 0.560. The second kappa shape index (κ2) is 7.98. The number of hydrogen-bond donors (Lipinski definition) is 0. The van der Waals surface area contributed by atoms with Gasteiger partial charge in [-0.15, -0.1) is 0 Å². The molecule has 128 valence electrons. The van der Waals surface area contributed by atoms with Crippen molar-refractivity contribution in [2.24, 2.45) is 11.8 Å². The lowest BCUT2D eigenvalue weighted by atomic mass is 9.81. The average molecular weight is 333 g/mol. The number of hydrogen-bond acceptors (Lipinski definition) is 3. The van der Waals surface area contributed by atoms with Crippen molar-refractivity contribution in [3.05, 3.63) is 54.1 Å². The summed E-state index contributed by atoms with van der Waals surface area (Å²) in [4.78, 5) is 12.3. The van der Waals surface area contributed by atoms with E-state index in [-0.39, 0.29) is 11.9 Å². The SMILES string of the molecule is CC[C@H]1CC[C@H](C(=O)Oc2ccc(-c3ccc(C#N)cc3)cc2)CC1. The minimum absolute atomic E-state index is 0.0426. The van der Waals surface area contributed by atoms with Gasteiger partial charge in [-0.3, -0.25) is 4.79 Å². The van der Waals surface area contributed by atoms with Crippen LogP contribution in [0.3, 0.4) is 0 Å². The summed E-state index contributed by atoms with van der Waals surface area (Å²) in [6.45, 7) is 2.22. The Bertz CT molecular complexity index is 748. The molecule has 25 heavy (non-hydrogen) atoms. The molecule has 0 heterocycles. The molecule has 2 aromatic carbocycles. The summed E-state index contributed by atoms with van der Waals surface area (Å²) < 4.78 is 5.57. The Balaban J connectivity index is 1.60. The van der Waals surface area contributed by atoms with E-state index in [0.29, 0.717) is 11.3 Å². The highest BCUT2D eigenvalue weighted by molar-refractivity contribution is 5.75. The first-order valence-electron chi connectivity index (χ1n) is 9.02. The van der Waals surface area contributed by atoms with Crippen LogP contribution in [0, 0.1) is 23.2 Å². The third kappa shape index (κ3) is 4.28. The molecule has 0 spiro atoms. The van der Waals surface area contributed by atoms with E-state index >= 15 is 0 Å². The van der Waals surface area contributed by atoms with Gasteiger partial charge in [0.2, 0.25) is 0 Å². The zero-order chi connectivity index (χ0) is 17.6. The zero-order valence-electron chi connectivity index (χ0n) is 14.6. The molecule has 3 heteroatoms. The second-order valence-corrected chi connectivity index (χ2v) is 6.76. The largest absolute Gasteiger partial charge is 0.426 e. The number of carbonyl (C=O) groups is 1. The van der Waals surface area contributed by atoms with Gasteiger partial charge < -0.3 is 4.74 Å². The molecular weight excluding hydrogens is 310 g/mol. The number of nitrogens with zero attached hydrogens (tertiary/aromatic N) is 1. The Labute approximate surface area is 149 Å². The van der Waals surface area contributed by atoms with Gasteiger partial charge in [-0.05, 0) is 67.0 Å². The van der Waals surface area contributed by atoms with Gasteiger partial charge in [0.15, 0.2) is 0 Å². The smallest absolute Gasteiger partial charge is 0.314 e. The van der Waals surface area contributed by atoms with Crippen molar-refractivity contribution in [2.75, 3.05) is 0 Å². The monoisotopic (exact) mass is 333 g/mol. The molecule has 1 saturated carbocycles. The first kappa shape index (κ1) is 17.2. The van der Waals surface area contributed by atoms with Gasteiger partial charge in [0, 0.05) is 0 Å². The van der Waals surface area contributed by atoms with Crippen molar-refractivity contribution in [1.82, 2.24) is 0 Å². The maximum absolute atomic E-state index is 12.3. The molecule has 0 aliphatic heterocycles. The van der Waals surface area contributed by atoms with Crippen LogP contribution in [0.25, 0.3) is 11.1 Å². The van der Waals surface area contributed by atoms with Crippen molar-refractivity contribution in [1.29, 1.82) is 5.26 Å². The van der Waals surface area contributed by atoms with E-state index in [1.165, 1.54) is 6.42 Å². The molecule has 0 radical (unpaired) electrons. The lowest BCUT2D eigenvalue weighted by Crippen LogP contribution is -2.25. The maximum Gasteiger partial charge on any atom is 0.314 e. The molecule has 1 aliphatic carbocycles. The number of nitriles is 1. The molecule has 0 saturated heterocycles. The van der Waals surface area contributed by atoms with E-state index in [9.17, 15) is 4.79 Å². The van der Waals surface area contributed by atoms with Crippen molar-refractivity contribution < 1.29 is 9.53 Å². The highest BCUT2D eigenvalue weighted by atomic mass is 16.5. The molecule has 3 nitrogen and oxygen atoms in total. The highest BCUT2D eigenvalue weighted by Gasteiger charge is 2.26. The number of carbonyl (C=O) groups excluding carboxylic acids is 1. The fourth-order valence-electron chi connectivity index (χ4n) is 3.46. The van der Waals surface area contributed by atoms with E-state index < -0.39 is 0 Å². The Morgan fingerprint density at radius 2 is 1.56 bits per heavy atom. The van der Waals surface area contributed by atoms with Crippen molar-refractivity contribution >= 4 is 5.97 Å². The van der Waals surface area contributed by atoms with E-state index in [1.807, 2.05) is 36.4 Å². The summed E-state index contributed by atoms with van der Waals surface area (Å²) in [5.41, 5.74) is 2.72. The predicted octanol–water partition coefficient (Wildman–Crippen LogP) is 5.35. The number of rotatable bonds is 4. The Hall–Kier alpha value is -2.60. The average Bonchev–Trinajstić information content (AvgIpc) is 2.68. The zero-order valence-corrected chi connectivity index (χ0v) is 14.6. The molecule has 0 unspecified atom stereocenters. The summed E-state index contributed by atoms with van der Waals surface area (Å²) in [5.74, 6) is 1.32. The third-order valence-corrected chi connectivity index (χ3v) is 5.18. The third-order valence-electron chi connectivity index (χ3n) is 5.18. The van der Waals surface area contributed by atoms with E-state index in [4.69, 9.17) is 10.00 Å². The number of benzene rings is 2. The lowest BCUT2D eigenvalue weighted by Gasteiger charge is -2.26. The van der Waals surface area contributed by atoms with Crippen molar-refractivity contribution in [3.63, 3.8) is 0 Å². The van der Waals surface area contributed by atoms with Gasteiger partial charge in [-0.2, -0.15) is 5.26 Å². The second-order valence-electron chi connectivity index (χ2n) is 6.76. The van der Waals surface area contributed by atoms with Crippen molar-refractivity contribution in [3.8, 4) is 22.9 Å². The van der Waals surface area contributed by atoms with Crippen LogP contribution < -0.4 is 4.74 Å². The Morgan fingerprint density at radius 1 is 1.00 bits per heavy atom. The van der Waals surface area contributed by atoms with Gasteiger partial charge in [0.1, 0.15) is 5.75 Å². The van der Waals surface area contributed by atoms with Crippen LogP contribution in [0.4, 0.5) is 0 Å². The molecule has 2 aromatic rings. The van der Waals surface area contributed by atoms with Gasteiger partial charge in [0.05, 0.1) is 17.6 Å². The first-order chi connectivity index (χ1) is 12.2. The van der Waals surface area contributed by atoms with Crippen LogP contribution in [0.5, 0.6) is 5.75 Å². The fraction of sp³-hybridized carbons (Fsp3) is 0.364. The standard InChI is InChI=1S/C22H23NO2/c1-2-16-3-9-20(10-4-16)22(24)25-21-13-11-19(12-14-21)18-7-5-17(15-23)6-8-18/h5-8,11-14,16,20H,2-4,9-10H2,1H3/t16-,20-. The van der Waals surface area contributed by atoms with Crippen LogP contribution in [0.2, 0.25) is 0 Å². The van der Waals surface area contributed by atoms with Gasteiger partial charge in [-0.1, -0.05) is 37.6 Å². The topological polar surface area (TPSA) is 50.1 Å². The molecule has 1 aliphatic rings. The highest BCUT2D eigenvalue weighted by Crippen LogP contribution is 2.32. The molecule has 3 rings (SSSR count). The molecule has 1 fully saturated rings. The minimum atomic E-state index is -0.0966. The molecular formula is C22H23NO2. The lowest BCUT2D eigenvalue weighted by molar-refractivity contribution is -0.140. The van der Waals surface area contributed by atoms with Crippen LogP contribution >= 0.6 is 0 Å². The van der Waals surface area contributed by atoms with Crippen LogP contribution in [-0.4, -0.2) is 5.97 Å². The normalized spacial score (nSPS) is 19.8. The van der Waals surface area contributed by atoms with Crippen LogP contribution in [0.1, 0.15) is 44.6 Å². The Morgan fingerprint density at radius 3 is 2.08 bits per heavy atom. The number of esters is 1. The summed E-state index contributed by atoms with van der Waals surface area (Å²) in [6.07, 6.45) is 5.36. The van der Waals surface area contributed by atoms with Gasteiger partial charge in [0.25, 0.3) is 0 Å². The fourth-order valence-corrected chi connectivity index (χ4v) is 3.46. The summed E-state index contributed by atoms with van der Waals surface area (Å²) in [6, 6.07) is 17.1. The predicted molar refractivity (Wildman–Crippen MR) is 98.0 cm³/mol. The molecule has 0 aromatic heterocycles. The van der Waals surface area contributed by atoms with Gasteiger partial charge in [-0.25, -0.2) is 0 Å². The molecule has 0 N–H and O–H groups in total. The number of ether oxygens (including phenoxy) is 1. The van der Waals surface area contributed by atoms with E-state index in [1.54, 1.807) is 12.1 Å². The summed E-state index contributed by atoms with van der Waals surface area (Å²) in [7, 11) is 0. The summed E-state index contributed by atoms with van der Waals surface area (Å²) >= 11 is 0.